The Morgan fingerprint density at radius 2 is 2.30 bits per heavy atom. The second kappa shape index (κ2) is 5.43. The molecular formula is C16H17N5OS. The molecule has 6 nitrogen and oxygen atoms in total. The second-order valence-electron chi connectivity index (χ2n) is 5.81. The third kappa shape index (κ3) is 2.51. The minimum Gasteiger partial charge on any atom is -0.353 e. The number of benzene rings is 1. The van der Waals surface area contributed by atoms with E-state index >= 15 is 0 Å². The minimum atomic E-state index is -0.142. The van der Waals surface area contributed by atoms with E-state index in [0.717, 1.165) is 23.5 Å². The summed E-state index contributed by atoms with van der Waals surface area (Å²) in [7, 11) is 0. The Bertz CT molecular complexity index is 945. The summed E-state index contributed by atoms with van der Waals surface area (Å²) in [6, 6.07) is 8.12. The minimum absolute atomic E-state index is 0.142. The topological polar surface area (TPSA) is 85.3 Å². The first-order chi connectivity index (χ1) is 11.1. The summed E-state index contributed by atoms with van der Waals surface area (Å²) in [5.41, 5.74) is 10.1. The summed E-state index contributed by atoms with van der Waals surface area (Å²) in [5, 5.41) is 8.52. The normalized spacial score (nSPS) is 16.7. The molecule has 0 saturated carbocycles. The first-order valence-corrected chi connectivity index (χ1v) is 8.41. The van der Waals surface area contributed by atoms with Gasteiger partial charge in [0.25, 0.3) is 5.56 Å². The molecule has 1 aliphatic rings. The summed E-state index contributed by atoms with van der Waals surface area (Å²) in [6.45, 7) is 2.38. The van der Waals surface area contributed by atoms with Gasteiger partial charge in [-0.3, -0.25) is 4.79 Å². The molecule has 4 rings (SSSR count). The van der Waals surface area contributed by atoms with Crippen LogP contribution in [0.1, 0.15) is 34.8 Å². The maximum absolute atomic E-state index is 11.9. The Labute approximate surface area is 137 Å². The maximum Gasteiger partial charge on any atom is 0.275 e. The molecule has 3 aromatic rings. The largest absolute Gasteiger partial charge is 0.353 e. The lowest BCUT2D eigenvalue weighted by Crippen LogP contribution is -2.15. The van der Waals surface area contributed by atoms with Crippen molar-refractivity contribution in [1.82, 2.24) is 14.6 Å². The highest BCUT2D eigenvalue weighted by Gasteiger charge is 2.23. The summed E-state index contributed by atoms with van der Waals surface area (Å²) >= 11 is 1.40. The molecule has 0 fully saturated rings. The van der Waals surface area contributed by atoms with E-state index in [0.29, 0.717) is 17.2 Å². The molecule has 1 aromatic carbocycles. The van der Waals surface area contributed by atoms with Gasteiger partial charge in [-0.1, -0.05) is 29.5 Å². The summed E-state index contributed by atoms with van der Waals surface area (Å²) < 4.78 is 1.35. The molecule has 1 aliphatic carbocycles. The van der Waals surface area contributed by atoms with Gasteiger partial charge in [-0.15, -0.1) is 5.10 Å². The van der Waals surface area contributed by atoms with E-state index in [-0.39, 0.29) is 11.6 Å². The van der Waals surface area contributed by atoms with Crippen LogP contribution in [0.2, 0.25) is 0 Å². The van der Waals surface area contributed by atoms with Crippen LogP contribution in [0.15, 0.2) is 29.1 Å². The Morgan fingerprint density at radius 3 is 3.13 bits per heavy atom. The van der Waals surface area contributed by atoms with Crippen molar-refractivity contribution in [3.8, 4) is 0 Å². The van der Waals surface area contributed by atoms with E-state index in [1.54, 1.807) is 0 Å². The fraction of sp³-hybridized carbons (Fsp3) is 0.312. The zero-order valence-electron chi connectivity index (χ0n) is 12.7. The van der Waals surface area contributed by atoms with E-state index in [2.05, 4.69) is 33.6 Å². The van der Waals surface area contributed by atoms with Crippen molar-refractivity contribution in [2.75, 3.05) is 5.32 Å². The number of fused-ring (bicyclic) bond motifs is 2. The lowest BCUT2D eigenvalue weighted by molar-refractivity contribution is 0.754. The monoisotopic (exact) mass is 327 g/mol. The lowest BCUT2D eigenvalue weighted by atomic mass is 10.0. The molecule has 0 saturated heterocycles. The third-order valence-electron chi connectivity index (χ3n) is 4.19. The number of anilines is 1. The van der Waals surface area contributed by atoms with E-state index in [1.165, 1.54) is 33.0 Å². The predicted octanol–water partition coefficient (Wildman–Crippen LogP) is 2.02. The highest BCUT2D eigenvalue weighted by molar-refractivity contribution is 7.20. The first-order valence-electron chi connectivity index (χ1n) is 7.60. The number of hydrogen-bond donors (Lipinski definition) is 2. The van der Waals surface area contributed by atoms with Crippen molar-refractivity contribution in [1.29, 1.82) is 0 Å². The molecule has 0 amide bonds. The van der Waals surface area contributed by atoms with Crippen LogP contribution in [-0.4, -0.2) is 14.6 Å². The molecular weight excluding hydrogens is 310 g/mol. The average molecular weight is 327 g/mol. The molecule has 7 heteroatoms. The zero-order valence-corrected chi connectivity index (χ0v) is 13.6. The van der Waals surface area contributed by atoms with Crippen molar-refractivity contribution in [3.63, 3.8) is 0 Å². The number of aryl methyl sites for hydroxylation is 2. The van der Waals surface area contributed by atoms with Crippen molar-refractivity contribution < 1.29 is 0 Å². The molecule has 23 heavy (non-hydrogen) atoms. The molecule has 0 radical (unpaired) electrons. The van der Waals surface area contributed by atoms with Gasteiger partial charge in [0.15, 0.2) is 0 Å². The van der Waals surface area contributed by atoms with E-state index in [4.69, 9.17) is 5.73 Å². The highest BCUT2D eigenvalue weighted by atomic mass is 32.1. The second-order valence-corrected chi connectivity index (χ2v) is 6.77. The van der Waals surface area contributed by atoms with Crippen LogP contribution in [0.4, 0.5) is 5.13 Å². The van der Waals surface area contributed by atoms with Gasteiger partial charge >= 0.3 is 0 Å². The van der Waals surface area contributed by atoms with Gasteiger partial charge < -0.3 is 11.1 Å². The Hall–Kier alpha value is -2.25. The van der Waals surface area contributed by atoms with Crippen LogP contribution >= 0.6 is 11.3 Å². The van der Waals surface area contributed by atoms with E-state index in [1.807, 2.05) is 6.92 Å². The van der Waals surface area contributed by atoms with Crippen LogP contribution < -0.4 is 16.6 Å². The van der Waals surface area contributed by atoms with Gasteiger partial charge in [-0.2, -0.15) is 4.52 Å². The quantitative estimate of drug-likeness (QED) is 0.769. The average Bonchev–Trinajstić information content (AvgIpc) is 3.11. The van der Waals surface area contributed by atoms with Gasteiger partial charge in [0, 0.05) is 18.3 Å². The van der Waals surface area contributed by atoms with Gasteiger partial charge in [-0.25, -0.2) is 4.98 Å². The molecule has 3 N–H and O–H groups in total. The van der Waals surface area contributed by atoms with Crippen molar-refractivity contribution in [2.24, 2.45) is 5.73 Å². The van der Waals surface area contributed by atoms with Gasteiger partial charge in [0.2, 0.25) is 10.1 Å². The zero-order chi connectivity index (χ0) is 16.0. The molecule has 2 heterocycles. The standard InChI is InChI=1S/C16H17N5OS/c1-9-6-14(22)21-16(18-9)23-15(20-21)19-13-5-3-11-7-10(8-17)2-4-12(11)13/h2,4,6-7,13H,3,5,8,17H2,1H3,(H,19,20). The first kappa shape index (κ1) is 14.3. The number of nitrogens with two attached hydrogens (primary N) is 1. The van der Waals surface area contributed by atoms with E-state index < -0.39 is 0 Å². The Kier molecular flexibility index (Phi) is 3.39. The molecule has 0 bridgehead atoms. The van der Waals surface area contributed by atoms with Crippen LogP contribution in [0, 0.1) is 6.92 Å². The third-order valence-corrected chi connectivity index (χ3v) is 5.03. The summed E-state index contributed by atoms with van der Waals surface area (Å²) in [4.78, 5) is 16.9. The summed E-state index contributed by atoms with van der Waals surface area (Å²) in [6.07, 6.45) is 2.05. The van der Waals surface area contributed by atoms with Crippen LogP contribution in [-0.2, 0) is 13.0 Å². The van der Waals surface area contributed by atoms with Crippen molar-refractivity contribution in [3.05, 3.63) is 57.0 Å². The number of nitrogens with one attached hydrogen (secondary N) is 1. The molecule has 1 atom stereocenters. The smallest absolute Gasteiger partial charge is 0.275 e. The lowest BCUT2D eigenvalue weighted by Gasteiger charge is -2.12. The fourth-order valence-corrected chi connectivity index (χ4v) is 3.98. The number of rotatable bonds is 3. The van der Waals surface area contributed by atoms with Crippen LogP contribution in [0.3, 0.4) is 0 Å². The Morgan fingerprint density at radius 1 is 1.43 bits per heavy atom. The number of hydrogen-bond acceptors (Lipinski definition) is 6. The molecule has 1 unspecified atom stereocenters. The Balaban J connectivity index is 1.65. The summed E-state index contributed by atoms with van der Waals surface area (Å²) in [5.74, 6) is 0. The SMILES string of the molecule is Cc1cc(=O)n2nc(NC3CCc4cc(CN)ccc43)sc2n1. The number of aromatic nitrogens is 3. The van der Waals surface area contributed by atoms with E-state index in [9.17, 15) is 4.79 Å². The maximum atomic E-state index is 11.9. The van der Waals surface area contributed by atoms with Gasteiger partial charge in [0.1, 0.15) is 0 Å². The highest BCUT2D eigenvalue weighted by Crippen LogP contribution is 2.35. The molecule has 118 valence electrons. The van der Waals surface area contributed by atoms with Crippen molar-refractivity contribution >= 4 is 21.4 Å². The molecule has 2 aromatic heterocycles. The van der Waals surface area contributed by atoms with Crippen LogP contribution in [0.25, 0.3) is 4.96 Å². The van der Waals surface area contributed by atoms with Gasteiger partial charge in [0.05, 0.1) is 6.04 Å². The van der Waals surface area contributed by atoms with Gasteiger partial charge in [-0.05, 0) is 36.5 Å². The number of nitrogens with zero attached hydrogens (tertiary/aromatic N) is 3. The van der Waals surface area contributed by atoms with Crippen LogP contribution in [0.5, 0.6) is 0 Å². The fourth-order valence-electron chi connectivity index (χ4n) is 3.08. The predicted molar refractivity (Wildman–Crippen MR) is 90.9 cm³/mol. The molecule has 0 spiro atoms. The van der Waals surface area contributed by atoms with Crippen molar-refractivity contribution in [2.45, 2.75) is 32.4 Å². The molecule has 0 aliphatic heterocycles.